The van der Waals surface area contributed by atoms with E-state index in [0.717, 1.165) is 25.9 Å². The summed E-state index contributed by atoms with van der Waals surface area (Å²) in [5.41, 5.74) is 1.75. The van der Waals surface area contributed by atoms with E-state index in [1.165, 1.54) is 6.42 Å². The molecule has 138 valence electrons. The minimum absolute atomic E-state index is 0.0100. The van der Waals surface area contributed by atoms with E-state index in [2.05, 4.69) is 5.32 Å². The van der Waals surface area contributed by atoms with Crippen LogP contribution in [0.1, 0.15) is 35.2 Å². The van der Waals surface area contributed by atoms with Crippen molar-refractivity contribution in [3.63, 3.8) is 0 Å². The van der Waals surface area contributed by atoms with Crippen molar-refractivity contribution in [2.24, 2.45) is 0 Å². The van der Waals surface area contributed by atoms with Crippen LogP contribution >= 0.6 is 11.6 Å². The lowest BCUT2D eigenvalue weighted by atomic mass is 10.1. The van der Waals surface area contributed by atoms with E-state index in [1.807, 2.05) is 23.1 Å². The maximum atomic E-state index is 12.7. The molecule has 0 saturated carbocycles. The Morgan fingerprint density at radius 2 is 1.89 bits per heavy atom. The number of anilines is 1. The van der Waals surface area contributed by atoms with Gasteiger partial charge in [-0.15, -0.1) is 0 Å². The molecule has 5 nitrogen and oxygen atoms in total. The zero-order valence-corrected chi connectivity index (χ0v) is 15.5. The number of carbonyl (C=O) groups is 2. The number of amides is 2. The van der Waals surface area contributed by atoms with Crippen LogP contribution in [0.15, 0.2) is 48.2 Å². The highest BCUT2D eigenvalue weighted by Gasteiger charge is 2.25. The van der Waals surface area contributed by atoms with Crippen LogP contribution in [0.25, 0.3) is 6.08 Å². The average molecular weight is 383 g/mol. The number of fused-ring (bicyclic) bond motifs is 1. The highest BCUT2D eigenvalue weighted by molar-refractivity contribution is 6.32. The van der Waals surface area contributed by atoms with Gasteiger partial charge in [-0.3, -0.25) is 9.59 Å². The Hall–Kier alpha value is -2.79. The zero-order valence-electron chi connectivity index (χ0n) is 14.7. The van der Waals surface area contributed by atoms with Crippen molar-refractivity contribution in [2.75, 3.05) is 18.4 Å². The Labute approximate surface area is 162 Å². The topological polar surface area (TPSA) is 58.6 Å². The molecule has 6 heteroatoms. The van der Waals surface area contributed by atoms with Gasteiger partial charge < -0.3 is 15.0 Å². The number of piperidine rings is 1. The zero-order chi connectivity index (χ0) is 18.8. The van der Waals surface area contributed by atoms with Crippen LogP contribution in [-0.4, -0.2) is 29.8 Å². The molecule has 2 aliphatic rings. The molecule has 2 aliphatic heterocycles. The number of carbonyl (C=O) groups excluding carboxylic acids is 2. The molecule has 2 aromatic rings. The lowest BCUT2D eigenvalue weighted by Gasteiger charge is -2.27. The van der Waals surface area contributed by atoms with E-state index in [-0.39, 0.29) is 17.6 Å². The molecule has 0 unspecified atom stereocenters. The van der Waals surface area contributed by atoms with Gasteiger partial charge >= 0.3 is 0 Å². The quantitative estimate of drug-likeness (QED) is 0.786. The number of hydrogen-bond acceptors (Lipinski definition) is 3. The minimum Gasteiger partial charge on any atom is -0.449 e. The summed E-state index contributed by atoms with van der Waals surface area (Å²) in [6.07, 6.45) is 4.84. The van der Waals surface area contributed by atoms with Gasteiger partial charge in [0.1, 0.15) is 0 Å². The monoisotopic (exact) mass is 382 g/mol. The fourth-order valence-electron chi connectivity index (χ4n) is 3.31. The first kappa shape index (κ1) is 17.6. The number of nitrogens with one attached hydrogen (secondary N) is 1. The van der Waals surface area contributed by atoms with E-state index >= 15 is 0 Å². The summed E-state index contributed by atoms with van der Waals surface area (Å²) in [5, 5.41) is 3.34. The van der Waals surface area contributed by atoms with Crippen molar-refractivity contribution in [2.45, 2.75) is 19.3 Å². The number of ether oxygens (including phenoxy) is 1. The molecule has 2 heterocycles. The molecule has 0 radical (unpaired) electrons. The number of nitrogens with zero attached hydrogens (tertiary/aromatic N) is 1. The molecule has 27 heavy (non-hydrogen) atoms. The second-order valence-electron chi connectivity index (χ2n) is 6.65. The normalized spacial score (nSPS) is 17.9. The van der Waals surface area contributed by atoms with Crippen LogP contribution < -0.4 is 10.1 Å². The van der Waals surface area contributed by atoms with Crippen LogP contribution in [0, 0.1) is 0 Å². The molecule has 2 amide bonds. The first-order valence-electron chi connectivity index (χ1n) is 9.00. The molecule has 2 aromatic carbocycles. The van der Waals surface area contributed by atoms with Gasteiger partial charge in [0.2, 0.25) is 0 Å². The van der Waals surface area contributed by atoms with Gasteiger partial charge in [-0.2, -0.15) is 0 Å². The summed E-state index contributed by atoms with van der Waals surface area (Å²) in [6, 6.07) is 12.3. The van der Waals surface area contributed by atoms with Crippen molar-refractivity contribution in [1.82, 2.24) is 4.90 Å². The number of benzene rings is 2. The van der Waals surface area contributed by atoms with Crippen LogP contribution in [0.3, 0.4) is 0 Å². The number of likely N-dealkylation sites (tertiary alicyclic amines) is 1. The fraction of sp³-hybridized carbons (Fsp3) is 0.238. The molecule has 0 atom stereocenters. The third kappa shape index (κ3) is 3.69. The molecule has 0 aromatic heterocycles. The van der Waals surface area contributed by atoms with Crippen LogP contribution in [-0.2, 0) is 4.79 Å². The molecular formula is C21H19ClN2O3. The second kappa shape index (κ2) is 7.45. The van der Waals surface area contributed by atoms with Crippen LogP contribution in [0.2, 0.25) is 5.02 Å². The largest absolute Gasteiger partial charge is 0.449 e. The van der Waals surface area contributed by atoms with Crippen molar-refractivity contribution in [3.05, 3.63) is 64.4 Å². The third-order valence-electron chi connectivity index (χ3n) is 4.75. The van der Waals surface area contributed by atoms with E-state index < -0.39 is 0 Å². The maximum Gasteiger partial charge on any atom is 0.291 e. The SMILES string of the molecule is O=C1Nc2cc(C(=O)N3CCCCC3)ccc2OC1=Cc1ccccc1Cl. The molecular weight excluding hydrogens is 364 g/mol. The van der Waals surface area contributed by atoms with Gasteiger partial charge in [0.25, 0.3) is 11.8 Å². The van der Waals surface area contributed by atoms with Crippen LogP contribution in [0.5, 0.6) is 5.75 Å². The summed E-state index contributed by atoms with van der Waals surface area (Å²) in [4.78, 5) is 26.9. The molecule has 1 N–H and O–H groups in total. The highest BCUT2D eigenvalue weighted by Crippen LogP contribution is 2.33. The molecule has 4 rings (SSSR count). The predicted molar refractivity (Wildman–Crippen MR) is 105 cm³/mol. The molecule has 0 aliphatic carbocycles. The minimum atomic E-state index is -0.370. The van der Waals surface area contributed by atoms with Crippen molar-refractivity contribution in [1.29, 1.82) is 0 Å². The number of rotatable bonds is 2. The summed E-state index contributed by atoms with van der Waals surface area (Å²) >= 11 is 6.15. The highest BCUT2D eigenvalue weighted by atomic mass is 35.5. The summed E-state index contributed by atoms with van der Waals surface area (Å²) in [5.74, 6) is 0.281. The molecule has 1 fully saturated rings. The molecule has 1 saturated heterocycles. The fourth-order valence-corrected chi connectivity index (χ4v) is 3.50. The van der Waals surface area contributed by atoms with Gasteiger partial charge in [0.15, 0.2) is 11.5 Å². The standard InChI is InChI=1S/C21H19ClN2O3/c22-16-7-3-2-6-14(16)13-19-20(25)23-17-12-15(8-9-18(17)27-19)21(26)24-10-4-1-5-11-24/h2-3,6-9,12-13H,1,4-5,10-11H2,(H,23,25). The Kier molecular flexibility index (Phi) is 4.86. The summed E-state index contributed by atoms with van der Waals surface area (Å²) in [7, 11) is 0. The summed E-state index contributed by atoms with van der Waals surface area (Å²) < 4.78 is 5.75. The lowest BCUT2D eigenvalue weighted by Crippen LogP contribution is -2.35. The third-order valence-corrected chi connectivity index (χ3v) is 5.10. The Bertz CT molecular complexity index is 933. The first-order valence-corrected chi connectivity index (χ1v) is 9.38. The van der Waals surface area contributed by atoms with E-state index in [9.17, 15) is 9.59 Å². The molecule has 0 spiro atoms. The van der Waals surface area contributed by atoms with Crippen LogP contribution in [0.4, 0.5) is 5.69 Å². The number of hydrogen-bond donors (Lipinski definition) is 1. The van der Waals surface area contributed by atoms with Gasteiger partial charge in [0.05, 0.1) is 5.69 Å². The van der Waals surface area contributed by atoms with Gasteiger partial charge in [-0.1, -0.05) is 29.8 Å². The van der Waals surface area contributed by atoms with Crippen molar-refractivity contribution in [3.8, 4) is 5.75 Å². The number of halogens is 1. The molecule has 0 bridgehead atoms. The lowest BCUT2D eigenvalue weighted by molar-refractivity contribution is -0.115. The van der Waals surface area contributed by atoms with Gasteiger partial charge in [0, 0.05) is 23.7 Å². The van der Waals surface area contributed by atoms with Crippen molar-refractivity contribution >= 4 is 35.2 Å². The summed E-state index contributed by atoms with van der Waals surface area (Å²) in [6.45, 7) is 1.56. The first-order chi connectivity index (χ1) is 13.1. The van der Waals surface area contributed by atoms with Crippen molar-refractivity contribution < 1.29 is 14.3 Å². The van der Waals surface area contributed by atoms with E-state index in [4.69, 9.17) is 16.3 Å². The Morgan fingerprint density at radius 1 is 1.11 bits per heavy atom. The van der Waals surface area contributed by atoms with Gasteiger partial charge in [-0.05, 0) is 55.2 Å². The Morgan fingerprint density at radius 3 is 2.67 bits per heavy atom. The Balaban J connectivity index is 1.58. The maximum absolute atomic E-state index is 12.7. The predicted octanol–water partition coefficient (Wildman–Crippen LogP) is 4.34. The second-order valence-corrected chi connectivity index (χ2v) is 7.06. The van der Waals surface area contributed by atoms with Gasteiger partial charge in [-0.25, -0.2) is 0 Å². The average Bonchev–Trinajstić information content (AvgIpc) is 2.70. The smallest absolute Gasteiger partial charge is 0.291 e. The van der Waals surface area contributed by atoms with E-state index in [1.54, 1.807) is 30.3 Å². The van der Waals surface area contributed by atoms with E-state index in [0.29, 0.717) is 27.6 Å².